The predicted octanol–water partition coefficient (Wildman–Crippen LogP) is 0.729. The maximum Gasteiger partial charge on any atom is 0.491 e. The first-order valence-corrected chi connectivity index (χ1v) is 5.40. The smallest absolute Gasteiger partial charge is 0.385 e. The van der Waals surface area contributed by atoms with Gasteiger partial charge in [-0.3, -0.25) is 9.69 Å². The summed E-state index contributed by atoms with van der Waals surface area (Å²) >= 11 is 0. The second kappa shape index (κ2) is 6.14. The van der Waals surface area contributed by atoms with E-state index in [1.165, 1.54) is 0 Å². The highest BCUT2D eigenvalue weighted by molar-refractivity contribution is 5.89. The summed E-state index contributed by atoms with van der Waals surface area (Å²) < 4.78 is 44.4. The molecule has 0 unspecified atom stereocenters. The average molecular weight is 269 g/mol. The van der Waals surface area contributed by atoms with Crippen LogP contribution in [0.3, 0.4) is 0 Å². The Morgan fingerprint density at radius 3 is 2.39 bits per heavy atom. The van der Waals surface area contributed by atoms with E-state index in [2.05, 4.69) is 4.74 Å². The van der Waals surface area contributed by atoms with E-state index in [-0.39, 0.29) is 12.6 Å². The molecule has 0 N–H and O–H groups in total. The van der Waals surface area contributed by atoms with Crippen molar-refractivity contribution in [1.29, 1.82) is 0 Å². The van der Waals surface area contributed by atoms with Crippen LogP contribution in [0.2, 0.25) is 0 Å². The number of esters is 2. The van der Waals surface area contributed by atoms with E-state index in [0.29, 0.717) is 26.1 Å². The van der Waals surface area contributed by atoms with Crippen molar-refractivity contribution >= 4 is 11.9 Å². The molecule has 0 bridgehead atoms. The number of alkyl halides is 3. The fraction of sp³-hybridized carbons (Fsp3) is 0.800. The molecule has 0 radical (unpaired) electrons. The molecule has 0 aliphatic carbocycles. The molecule has 1 rings (SSSR count). The quantitative estimate of drug-likeness (QED) is 0.558. The van der Waals surface area contributed by atoms with Crippen molar-refractivity contribution in [2.45, 2.75) is 25.1 Å². The molecule has 1 aliphatic rings. The van der Waals surface area contributed by atoms with E-state index >= 15 is 0 Å². The Balaban J connectivity index is 2.37. The topological polar surface area (TPSA) is 55.8 Å². The molecule has 0 amide bonds. The monoisotopic (exact) mass is 269 g/mol. The molecule has 1 heterocycles. The van der Waals surface area contributed by atoms with Gasteiger partial charge in [-0.05, 0) is 19.9 Å². The Bertz CT molecular complexity index is 313. The molecule has 8 heteroatoms. The van der Waals surface area contributed by atoms with E-state index in [1.807, 2.05) is 0 Å². The Kier molecular flexibility index (Phi) is 5.09. The van der Waals surface area contributed by atoms with E-state index in [1.54, 1.807) is 11.9 Å². The SMILES string of the molecule is CN(CC(=O)OC(=O)C(F)(F)F)C1CCOCC1. The highest BCUT2D eigenvalue weighted by atomic mass is 19.4. The fourth-order valence-corrected chi connectivity index (χ4v) is 1.65. The normalized spacial score (nSPS) is 17.8. The molecule has 5 nitrogen and oxygen atoms in total. The third-order valence-electron chi connectivity index (χ3n) is 2.63. The summed E-state index contributed by atoms with van der Waals surface area (Å²) in [5.74, 6) is -3.68. The zero-order chi connectivity index (χ0) is 13.8. The molecule has 0 atom stereocenters. The van der Waals surface area contributed by atoms with Gasteiger partial charge in [0.1, 0.15) is 0 Å². The number of rotatable bonds is 3. The van der Waals surface area contributed by atoms with Crippen LogP contribution in [0.15, 0.2) is 0 Å². The van der Waals surface area contributed by atoms with Gasteiger partial charge in [-0.25, -0.2) is 4.79 Å². The summed E-state index contributed by atoms with van der Waals surface area (Å²) in [7, 11) is 1.59. The molecule has 18 heavy (non-hydrogen) atoms. The summed E-state index contributed by atoms with van der Waals surface area (Å²) in [5.41, 5.74) is 0. The minimum absolute atomic E-state index is 0.0484. The van der Waals surface area contributed by atoms with Crippen LogP contribution >= 0.6 is 0 Å². The van der Waals surface area contributed by atoms with Gasteiger partial charge < -0.3 is 9.47 Å². The number of carbonyl (C=O) groups is 2. The lowest BCUT2D eigenvalue weighted by Crippen LogP contribution is -2.41. The maximum absolute atomic E-state index is 11.8. The van der Waals surface area contributed by atoms with E-state index in [9.17, 15) is 22.8 Å². The number of carbonyl (C=O) groups excluding carboxylic acids is 2. The van der Waals surface area contributed by atoms with Crippen molar-refractivity contribution in [3.63, 3.8) is 0 Å². The molecule has 0 aromatic rings. The molecule has 1 fully saturated rings. The summed E-state index contributed by atoms with van der Waals surface area (Å²) in [4.78, 5) is 23.1. The van der Waals surface area contributed by atoms with E-state index in [4.69, 9.17) is 4.74 Å². The Labute approximate surface area is 102 Å². The lowest BCUT2D eigenvalue weighted by molar-refractivity contribution is -0.202. The Morgan fingerprint density at radius 1 is 1.33 bits per heavy atom. The van der Waals surface area contributed by atoms with Crippen LogP contribution in [0.5, 0.6) is 0 Å². The first kappa shape index (κ1) is 14.9. The van der Waals surface area contributed by atoms with Gasteiger partial charge in [0.25, 0.3) is 0 Å². The van der Waals surface area contributed by atoms with Crippen molar-refractivity contribution in [3.05, 3.63) is 0 Å². The van der Waals surface area contributed by atoms with Crippen LogP contribution in [0.25, 0.3) is 0 Å². The molecular weight excluding hydrogens is 255 g/mol. The number of likely N-dealkylation sites (N-methyl/N-ethyl adjacent to an activating group) is 1. The lowest BCUT2D eigenvalue weighted by atomic mass is 10.1. The average Bonchev–Trinajstić information content (AvgIpc) is 2.28. The van der Waals surface area contributed by atoms with Crippen LogP contribution in [0.4, 0.5) is 13.2 Å². The Morgan fingerprint density at radius 2 is 1.89 bits per heavy atom. The summed E-state index contributed by atoms with van der Waals surface area (Å²) in [6, 6.07) is 0.0484. The second-order valence-electron chi connectivity index (χ2n) is 4.02. The van der Waals surface area contributed by atoms with Crippen molar-refractivity contribution in [2.24, 2.45) is 0 Å². The van der Waals surface area contributed by atoms with Crippen LogP contribution in [0.1, 0.15) is 12.8 Å². The summed E-state index contributed by atoms with van der Waals surface area (Å²) in [6.45, 7) is 0.740. The van der Waals surface area contributed by atoms with E-state index in [0.717, 1.165) is 0 Å². The first-order valence-electron chi connectivity index (χ1n) is 5.40. The second-order valence-corrected chi connectivity index (χ2v) is 4.02. The lowest BCUT2D eigenvalue weighted by Gasteiger charge is -2.30. The van der Waals surface area contributed by atoms with Crippen LogP contribution < -0.4 is 0 Å². The zero-order valence-electron chi connectivity index (χ0n) is 9.83. The van der Waals surface area contributed by atoms with Crippen molar-refractivity contribution < 1.29 is 32.2 Å². The molecule has 104 valence electrons. The summed E-state index contributed by atoms with van der Waals surface area (Å²) in [5, 5.41) is 0. The van der Waals surface area contributed by atoms with Crippen LogP contribution in [-0.2, 0) is 19.1 Å². The number of hydrogen-bond acceptors (Lipinski definition) is 5. The van der Waals surface area contributed by atoms with Gasteiger partial charge in [0.15, 0.2) is 0 Å². The van der Waals surface area contributed by atoms with Gasteiger partial charge in [0.05, 0.1) is 6.54 Å². The van der Waals surface area contributed by atoms with Crippen LogP contribution in [0, 0.1) is 0 Å². The molecule has 1 saturated heterocycles. The maximum atomic E-state index is 11.8. The van der Waals surface area contributed by atoms with Crippen LogP contribution in [-0.4, -0.2) is 55.9 Å². The molecule has 0 saturated carbocycles. The molecule has 0 spiro atoms. The minimum Gasteiger partial charge on any atom is -0.385 e. The van der Waals surface area contributed by atoms with Gasteiger partial charge in [-0.15, -0.1) is 0 Å². The summed E-state index contributed by atoms with van der Waals surface area (Å²) in [6.07, 6.45) is -3.76. The zero-order valence-corrected chi connectivity index (χ0v) is 9.83. The van der Waals surface area contributed by atoms with Crippen molar-refractivity contribution in [3.8, 4) is 0 Å². The highest BCUT2D eigenvalue weighted by Gasteiger charge is 2.42. The molecular formula is C10H14F3NO4. The van der Waals surface area contributed by atoms with Gasteiger partial charge in [-0.1, -0.05) is 0 Å². The van der Waals surface area contributed by atoms with Gasteiger partial charge >= 0.3 is 18.1 Å². The first-order chi connectivity index (χ1) is 8.30. The Hall–Kier alpha value is -1.15. The third-order valence-corrected chi connectivity index (χ3v) is 2.63. The minimum atomic E-state index is -5.15. The van der Waals surface area contributed by atoms with E-state index < -0.39 is 18.1 Å². The van der Waals surface area contributed by atoms with Crippen molar-refractivity contribution in [2.75, 3.05) is 26.8 Å². The molecule has 0 aromatic carbocycles. The van der Waals surface area contributed by atoms with Gasteiger partial charge in [-0.2, -0.15) is 13.2 Å². The third kappa shape index (κ3) is 4.61. The molecule has 0 aromatic heterocycles. The number of hydrogen-bond donors (Lipinski definition) is 0. The predicted molar refractivity (Wildman–Crippen MR) is 53.6 cm³/mol. The molecule has 1 aliphatic heterocycles. The van der Waals surface area contributed by atoms with Crippen molar-refractivity contribution in [1.82, 2.24) is 4.90 Å². The largest absolute Gasteiger partial charge is 0.491 e. The highest BCUT2D eigenvalue weighted by Crippen LogP contribution is 2.17. The fourth-order valence-electron chi connectivity index (χ4n) is 1.65. The number of halogens is 3. The number of nitrogens with zero attached hydrogens (tertiary/aromatic N) is 1. The van der Waals surface area contributed by atoms with Gasteiger partial charge in [0, 0.05) is 19.3 Å². The standard InChI is InChI=1S/C10H14F3NO4/c1-14(7-2-4-17-5-3-7)6-8(15)18-9(16)10(11,12)13/h7H,2-6H2,1H3. The number of ether oxygens (including phenoxy) is 2. The van der Waals surface area contributed by atoms with Gasteiger partial charge in [0.2, 0.25) is 0 Å².